The van der Waals surface area contributed by atoms with Crippen LogP contribution in [0.4, 0.5) is 0 Å². The van der Waals surface area contributed by atoms with Crippen LogP contribution in [0.25, 0.3) is 0 Å². The van der Waals surface area contributed by atoms with Crippen molar-refractivity contribution in [2.45, 2.75) is 37.8 Å². The zero-order valence-electron chi connectivity index (χ0n) is 11.5. The number of likely N-dealkylation sites (tertiary alicyclic amines) is 1. The van der Waals surface area contributed by atoms with E-state index in [2.05, 4.69) is 19.8 Å². The van der Waals surface area contributed by atoms with Crippen LogP contribution in [0.5, 0.6) is 0 Å². The molecule has 2 aliphatic rings. The lowest BCUT2D eigenvalue weighted by Gasteiger charge is -2.38. The molecule has 20 heavy (non-hydrogen) atoms. The summed E-state index contributed by atoms with van der Waals surface area (Å²) in [5, 5.41) is 6.93. The molecule has 0 aliphatic carbocycles. The minimum Gasteiger partial charge on any atom is -0.380 e. The SMILES string of the molecule is O=C(Cc1cnns1)NC1CCOCC1N1CCCC1. The van der Waals surface area contributed by atoms with Crippen molar-refractivity contribution in [3.63, 3.8) is 0 Å². The van der Waals surface area contributed by atoms with E-state index in [0.717, 1.165) is 37.6 Å². The summed E-state index contributed by atoms with van der Waals surface area (Å²) < 4.78 is 9.38. The van der Waals surface area contributed by atoms with Crippen molar-refractivity contribution in [1.29, 1.82) is 0 Å². The molecule has 0 spiro atoms. The molecule has 1 amide bonds. The first-order chi connectivity index (χ1) is 9.83. The van der Waals surface area contributed by atoms with Crippen molar-refractivity contribution < 1.29 is 9.53 Å². The summed E-state index contributed by atoms with van der Waals surface area (Å²) in [4.78, 5) is 15.5. The normalized spacial score (nSPS) is 27.6. The Morgan fingerprint density at radius 3 is 3.10 bits per heavy atom. The lowest BCUT2D eigenvalue weighted by molar-refractivity contribution is -0.122. The predicted octanol–water partition coefficient (Wildman–Crippen LogP) is 0.450. The maximum Gasteiger partial charge on any atom is 0.225 e. The van der Waals surface area contributed by atoms with Gasteiger partial charge in [-0.05, 0) is 43.9 Å². The molecule has 7 heteroatoms. The topological polar surface area (TPSA) is 67.3 Å². The largest absolute Gasteiger partial charge is 0.380 e. The summed E-state index contributed by atoms with van der Waals surface area (Å²) in [5.41, 5.74) is 0. The Morgan fingerprint density at radius 1 is 1.50 bits per heavy atom. The molecule has 0 bridgehead atoms. The minimum absolute atomic E-state index is 0.0622. The van der Waals surface area contributed by atoms with Crippen LogP contribution in [-0.4, -0.2) is 58.8 Å². The lowest BCUT2D eigenvalue weighted by atomic mass is 10.0. The number of carbonyl (C=O) groups excluding carboxylic acids is 1. The van der Waals surface area contributed by atoms with Crippen LogP contribution >= 0.6 is 11.5 Å². The Balaban J connectivity index is 1.57. The highest BCUT2D eigenvalue weighted by atomic mass is 32.1. The van der Waals surface area contributed by atoms with Gasteiger partial charge >= 0.3 is 0 Å². The molecule has 1 N–H and O–H groups in total. The zero-order valence-corrected chi connectivity index (χ0v) is 12.3. The summed E-state index contributed by atoms with van der Waals surface area (Å²) >= 11 is 1.28. The maximum atomic E-state index is 12.1. The quantitative estimate of drug-likeness (QED) is 0.874. The third-order valence-electron chi connectivity index (χ3n) is 4.02. The number of amides is 1. The van der Waals surface area contributed by atoms with E-state index in [1.165, 1.54) is 24.4 Å². The summed E-state index contributed by atoms with van der Waals surface area (Å²) in [6.07, 6.45) is 5.44. The average molecular weight is 296 g/mol. The Hall–Kier alpha value is -1.05. The molecular weight excluding hydrogens is 276 g/mol. The maximum absolute atomic E-state index is 12.1. The fourth-order valence-corrected chi connectivity index (χ4v) is 3.50. The van der Waals surface area contributed by atoms with Crippen LogP contribution in [0.1, 0.15) is 24.1 Å². The van der Waals surface area contributed by atoms with Gasteiger partial charge in [0.05, 0.1) is 30.1 Å². The fourth-order valence-electron chi connectivity index (χ4n) is 3.01. The molecule has 2 unspecified atom stereocenters. The van der Waals surface area contributed by atoms with Crippen LogP contribution in [-0.2, 0) is 16.0 Å². The monoisotopic (exact) mass is 296 g/mol. The number of nitrogens with zero attached hydrogens (tertiary/aromatic N) is 3. The van der Waals surface area contributed by atoms with E-state index in [1.807, 2.05) is 0 Å². The molecule has 1 aromatic rings. The van der Waals surface area contributed by atoms with Gasteiger partial charge in [0.2, 0.25) is 5.91 Å². The molecule has 3 rings (SSSR count). The second-order valence-electron chi connectivity index (χ2n) is 5.41. The Labute approximate surface area is 122 Å². The van der Waals surface area contributed by atoms with Crippen molar-refractivity contribution in [2.75, 3.05) is 26.3 Å². The second-order valence-corrected chi connectivity index (χ2v) is 6.28. The van der Waals surface area contributed by atoms with E-state index in [0.29, 0.717) is 12.5 Å². The lowest BCUT2D eigenvalue weighted by Crippen LogP contribution is -2.56. The summed E-state index contributed by atoms with van der Waals surface area (Å²) in [5.74, 6) is 0.0622. The molecule has 0 radical (unpaired) electrons. The number of nitrogens with one attached hydrogen (secondary N) is 1. The van der Waals surface area contributed by atoms with Crippen molar-refractivity contribution >= 4 is 17.4 Å². The van der Waals surface area contributed by atoms with E-state index in [1.54, 1.807) is 6.20 Å². The molecule has 2 aliphatic heterocycles. The summed E-state index contributed by atoms with van der Waals surface area (Å²) in [7, 11) is 0. The molecule has 1 aromatic heterocycles. The fraction of sp³-hybridized carbons (Fsp3) is 0.769. The molecule has 3 heterocycles. The van der Waals surface area contributed by atoms with E-state index < -0.39 is 0 Å². The molecule has 2 saturated heterocycles. The van der Waals surface area contributed by atoms with Crippen LogP contribution in [0.2, 0.25) is 0 Å². The van der Waals surface area contributed by atoms with Crippen LogP contribution in [0.3, 0.4) is 0 Å². The Bertz CT molecular complexity index is 434. The van der Waals surface area contributed by atoms with Gasteiger partial charge in [0, 0.05) is 12.6 Å². The second kappa shape index (κ2) is 6.60. The van der Waals surface area contributed by atoms with Gasteiger partial charge in [-0.2, -0.15) is 0 Å². The van der Waals surface area contributed by atoms with Crippen LogP contribution in [0, 0.1) is 0 Å². The number of aromatic nitrogens is 2. The third kappa shape index (κ3) is 3.34. The average Bonchev–Trinajstić information content (AvgIpc) is 3.11. The number of hydrogen-bond acceptors (Lipinski definition) is 6. The van der Waals surface area contributed by atoms with Gasteiger partial charge in [-0.15, -0.1) is 5.10 Å². The van der Waals surface area contributed by atoms with Crippen molar-refractivity contribution in [3.05, 3.63) is 11.1 Å². The van der Waals surface area contributed by atoms with Crippen molar-refractivity contribution in [1.82, 2.24) is 19.8 Å². The van der Waals surface area contributed by atoms with Crippen LogP contribution < -0.4 is 5.32 Å². The van der Waals surface area contributed by atoms with Gasteiger partial charge < -0.3 is 10.1 Å². The molecule has 6 nitrogen and oxygen atoms in total. The van der Waals surface area contributed by atoms with Gasteiger partial charge in [0.25, 0.3) is 0 Å². The highest BCUT2D eigenvalue weighted by molar-refractivity contribution is 7.05. The number of carbonyl (C=O) groups is 1. The summed E-state index contributed by atoms with van der Waals surface area (Å²) in [6.45, 7) is 3.71. The summed E-state index contributed by atoms with van der Waals surface area (Å²) in [6, 6.07) is 0.532. The smallest absolute Gasteiger partial charge is 0.225 e. The number of rotatable bonds is 4. The first kappa shape index (κ1) is 13.9. The highest BCUT2D eigenvalue weighted by Crippen LogP contribution is 2.19. The first-order valence-electron chi connectivity index (χ1n) is 7.20. The number of hydrogen-bond donors (Lipinski definition) is 1. The third-order valence-corrected chi connectivity index (χ3v) is 4.68. The van der Waals surface area contributed by atoms with Gasteiger partial charge in [0.15, 0.2) is 0 Å². The zero-order chi connectivity index (χ0) is 13.8. The Morgan fingerprint density at radius 2 is 2.35 bits per heavy atom. The van der Waals surface area contributed by atoms with Crippen LogP contribution in [0.15, 0.2) is 6.20 Å². The van der Waals surface area contributed by atoms with Gasteiger partial charge in [-0.3, -0.25) is 9.69 Å². The first-order valence-corrected chi connectivity index (χ1v) is 7.97. The Kier molecular flexibility index (Phi) is 4.59. The highest BCUT2D eigenvalue weighted by Gasteiger charge is 2.33. The van der Waals surface area contributed by atoms with Gasteiger partial charge in [-0.1, -0.05) is 4.49 Å². The van der Waals surface area contributed by atoms with Gasteiger partial charge in [0.1, 0.15) is 0 Å². The van der Waals surface area contributed by atoms with Crippen molar-refractivity contribution in [3.8, 4) is 0 Å². The van der Waals surface area contributed by atoms with E-state index in [4.69, 9.17) is 4.74 Å². The molecule has 110 valence electrons. The molecule has 2 fully saturated rings. The van der Waals surface area contributed by atoms with E-state index >= 15 is 0 Å². The predicted molar refractivity (Wildman–Crippen MR) is 75.6 cm³/mol. The molecule has 0 saturated carbocycles. The van der Waals surface area contributed by atoms with Crippen molar-refractivity contribution in [2.24, 2.45) is 0 Å². The molecular formula is C13H20N4O2S. The standard InChI is InChI=1S/C13H20N4O2S/c18-13(7-10-8-14-16-20-10)15-11-3-6-19-9-12(11)17-4-1-2-5-17/h8,11-12H,1-7,9H2,(H,15,18). The number of ether oxygens (including phenoxy) is 1. The van der Waals surface area contributed by atoms with E-state index in [-0.39, 0.29) is 11.9 Å². The molecule has 0 aromatic carbocycles. The van der Waals surface area contributed by atoms with Gasteiger partial charge in [-0.25, -0.2) is 0 Å². The van der Waals surface area contributed by atoms with E-state index in [9.17, 15) is 4.79 Å². The minimum atomic E-state index is 0.0622. The molecule has 2 atom stereocenters.